The molecule has 0 heterocycles. The zero-order valence-corrected chi connectivity index (χ0v) is 16.1. The van der Waals surface area contributed by atoms with Crippen molar-refractivity contribution < 1.29 is 9.53 Å². The van der Waals surface area contributed by atoms with Gasteiger partial charge in [-0.15, -0.1) is 0 Å². The molecule has 4 heteroatoms. The topological polar surface area (TPSA) is 41.6 Å². The Kier molecular flexibility index (Phi) is 6.09. The summed E-state index contributed by atoms with van der Waals surface area (Å²) in [5.74, 6) is 0.577. The summed E-state index contributed by atoms with van der Waals surface area (Å²) < 4.78 is 5.66. The fraction of sp³-hybridized carbons (Fsp3) is 0.261. The summed E-state index contributed by atoms with van der Waals surface area (Å²) in [6.07, 6.45) is 0. The lowest BCUT2D eigenvalue weighted by molar-refractivity contribution is -0.123. The molecular formula is C23H26N2O2. The molecule has 3 rings (SSSR count). The Morgan fingerprint density at radius 1 is 1.00 bits per heavy atom. The zero-order valence-electron chi connectivity index (χ0n) is 16.1. The molecule has 4 nitrogen and oxygen atoms in total. The van der Waals surface area contributed by atoms with Crippen LogP contribution < -0.4 is 10.1 Å². The predicted molar refractivity (Wildman–Crippen MR) is 110 cm³/mol. The number of carbonyl (C=O) groups excluding carboxylic acids is 1. The lowest BCUT2D eigenvalue weighted by Crippen LogP contribution is -2.36. The Labute approximate surface area is 160 Å². The highest BCUT2D eigenvalue weighted by Crippen LogP contribution is 2.21. The van der Waals surface area contributed by atoms with Crippen LogP contribution in [0.1, 0.15) is 17.2 Å². The normalized spacial score (nSPS) is 12.1. The van der Waals surface area contributed by atoms with Gasteiger partial charge in [0.15, 0.2) is 6.61 Å². The van der Waals surface area contributed by atoms with Gasteiger partial charge >= 0.3 is 0 Å². The van der Waals surface area contributed by atoms with Crippen molar-refractivity contribution in [1.29, 1.82) is 0 Å². The maximum atomic E-state index is 12.2. The molecule has 0 aliphatic heterocycles. The van der Waals surface area contributed by atoms with Gasteiger partial charge in [0.1, 0.15) is 5.75 Å². The van der Waals surface area contributed by atoms with Crippen molar-refractivity contribution in [3.05, 3.63) is 77.9 Å². The van der Waals surface area contributed by atoms with E-state index >= 15 is 0 Å². The van der Waals surface area contributed by atoms with Crippen LogP contribution in [-0.4, -0.2) is 38.1 Å². The Morgan fingerprint density at radius 2 is 1.70 bits per heavy atom. The molecule has 0 spiro atoms. The number of benzene rings is 3. The number of likely N-dealkylation sites (N-methyl/N-ethyl adjacent to an activating group) is 1. The standard InChI is InChI=1S/C23H26N2O2/c1-17-8-10-19(11-9-17)22(25(2)3)15-24-23(26)16-27-21-13-12-18-6-4-5-7-20(18)14-21/h4-14,22H,15-16H2,1-3H3,(H,24,26). The number of carbonyl (C=O) groups is 1. The smallest absolute Gasteiger partial charge is 0.258 e. The molecule has 3 aromatic rings. The largest absolute Gasteiger partial charge is 0.484 e. The Bertz CT molecular complexity index is 904. The van der Waals surface area contributed by atoms with Crippen LogP contribution in [0, 0.1) is 6.92 Å². The van der Waals surface area contributed by atoms with E-state index in [1.165, 1.54) is 11.1 Å². The molecule has 0 aliphatic carbocycles. The maximum Gasteiger partial charge on any atom is 0.258 e. The number of hydrogen-bond acceptors (Lipinski definition) is 3. The molecular weight excluding hydrogens is 336 g/mol. The van der Waals surface area contributed by atoms with Crippen LogP contribution in [0.4, 0.5) is 0 Å². The van der Waals surface area contributed by atoms with Gasteiger partial charge in [0.05, 0.1) is 6.04 Å². The number of nitrogens with one attached hydrogen (secondary N) is 1. The second-order valence-electron chi connectivity index (χ2n) is 6.99. The number of rotatable bonds is 7. The van der Waals surface area contributed by atoms with Crippen molar-refractivity contribution in [2.24, 2.45) is 0 Å². The molecule has 0 fully saturated rings. The Balaban J connectivity index is 1.55. The van der Waals surface area contributed by atoms with Gasteiger partial charge < -0.3 is 15.0 Å². The number of nitrogens with zero attached hydrogens (tertiary/aromatic N) is 1. The van der Waals surface area contributed by atoms with E-state index < -0.39 is 0 Å². The van der Waals surface area contributed by atoms with Gasteiger partial charge in [-0.3, -0.25) is 4.79 Å². The van der Waals surface area contributed by atoms with E-state index in [-0.39, 0.29) is 18.6 Å². The number of ether oxygens (including phenoxy) is 1. The third-order valence-electron chi connectivity index (χ3n) is 4.67. The minimum absolute atomic E-state index is 0.00634. The molecule has 1 N–H and O–H groups in total. The molecule has 140 valence electrons. The monoisotopic (exact) mass is 362 g/mol. The molecule has 1 unspecified atom stereocenters. The number of hydrogen-bond donors (Lipinski definition) is 1. The average molecular weight is 362 g/mol. The predicted octanol–water partition coefficient (Wildman–Crippen LogP) is 3.95. The number of aryl methyl sites for hydroxylation is 1. The molecule has 0 radical (unpaired) electrons. The van der Waals surface area contributed by atoms with Crippen LogP contribution in [0.5, 0.6) is 5.75 Å². The molecule has 0 aromatic heterocycles. The van der Waals surface area contributed by atoms with Crippen molar-refractivity contribution in [1.82, 2.24) is 10.2 Å². The van der Waals surface area contributed by atoms with Crippen LogP contribution >= 0.6 is 0 Å². The SMILES string of the molecule is Cc1ccc(C(CNC(=O)COc2ccc3ccccc3c2)N(C)C)cc1. The minimum atomic E-state index is -0.123. The van der Waals surface area contributed by atoms with E-state index in [0.29, 0.717) is 12.3 Å². The second-order valence-corrected chi connectivity index (χ2v) is 6.99. The van der Waals surface area contributed by atoms with Crippen LogP contribution in [0.3, 0.4) is 0 Å². The van der Waals surface area contributed by atoms with Crippen molar-refractivity contribution in [3.8, 4) is 5.75 Å². The Hall–Kier alpha value is -2.85. The number of amides is 1. The molecule has 0 bridgehead atoms. The average Bonchev–Trinajstić information content (AvgIpc) is 2.67. The molecule has 0 saturated heterocycles. The van der Waals surface area contributed by atoms with E-state index in [1.807, 2.05) is 50.5 Å². The summed E-state index contributed by atoms with van der Waals surface area (Å²) in [6.45, 7) is 2.61. The maximum absolute atomic E-state index is 12.2. The van der Waals surface area contributed by atoms with Crippen molar-refractivity contribution in [3.63, 3.8) is 0 Å². The van der Waals surface area contributed by atoms with Crippen LogP contribution in [-0.2, 0) is 4.79 Å². The lowest BCUT2D eigenvalue weighted by Gasteiger charge is -2.25. The molecule has 1 atom stereocenters. The highest BCUT2D eigenvalue weighted by atomic mass is 16.5. The van der Waals surface area contributed by atoms with E-state index in [1.54, 1.807) is 0 Å². The van der Waals surface area contributed by atoms with Gasteiger partial charge in [0.25, 0.3) is 5.91 Å². The highest BCUT2D eigenvalue weighted by molar-refractivity contribution is 5.84. The molecule has 0 aliphatic rings. The summed E-state index contributed by atoms with van der Waals surface area (Å²) >= 11 is 0. The third kappa shape index (κ3) is 5.08. The summed E-state index contributed by atoms with van der Waals surface area (Å²) in [7, 11) is 4.03. The van der Waals surface area contributed by atoms with E-state index in [9.17, 15) is 4.79 Å². The van der Waals surface area contributed by atoms with Gasteiger partial charge in [-0.05, 0) is 49.5 Å². The first kappa shape index (κ1) is 18.9. The zero-order chi connectivity index (χ0) is 19.2. The van der Waals surface area contributed by atoms with Crippen LogP contribution in [0.25, 0.3) is 10.8 Å². The lowest BCUT2D eigenvalue weighted by atomic mass is 10.0. The van der Waals surface area contributed by atoms with Crippen molar-refractivity contribution >= 4 is 16.7 Å². The first-order valence-electron chi connectivity index (χ1n) is 9.14. The summed E-state index contributed by atoms with van der Waals surface area (Å²) in [5, 5.41) is 5.23. The minimum Gasteiger partial charge on any atom is -0.484 e. The highest BCUT2D eigenvalue weighted by Gasteiger charge is 2.15. The first-order chi connectivity index (χ1) is 13.0. The quantitative estimate of drug-likeness (QED) is 0.692. The van der Waals surface area contributed by atoms with Crippen molar-refractivity contribution in [2.75, 3.05) is 27.2 Å². The third-order valence-corrected chi connectivity index (χ3v) is 4.67. The fourth-order valence-corrected chi connectivity index (χ4v) is 3.05. The van der Waals surface area contributed by atoms with E-state index in [0.717, 1.165) is 10.8 Å². The summed E-state index contributed by atoms with van der Waals surface area (Å²) in [4.78, 5) is 14.3. The molecule has 0 saturated carbocycles. The van der Waals surface area contributed by atoms with Gasteiger partial charge in [-0.1, -0.05) is 60.2 Å². The molecule has 27 heavy (non-hydrogen) atoms. The first-order valence-corrected chi connectivity index (χ1v) is 9.14. The second kappa shape index (κ2) is 8.69. The van der Waals surface area contributed by atoms with E-state index in [4.69, 9.17) is 4.74 Å². The fourth-order valence-electron chi connectivity index (χ4n) is 3.05. The van der Waals surface area contributed by atoms with Crippen LogP contribution in [0.15, 0.2) is 66.7 Å². The summed E-state index contributed by atoms with van der Waals surface area (Å²) in [6, 6.07) is 22.5. The molecule has 3 aromatic carbocycles. The van der Waals surface area contributed by atoms with Gasteiger partial charge in [0.2, 0.25) is 0 Å². The number of fused-ring (bicyclic) bond motifs is 1. The Morgan fingerprint density at radius 3 is 2.41 bits per heavy atom. The van der Waals surface area contributed by atoms with Gasteiger partial charge in [0, 0.05) is 6.54 Å². The van der Waals surface area contributed by atoms with Gasteiger partial charge in [-0.25, -0.2) is 0 Å². The molecule has 1 amide bonds. The van der Waals surface area contributed by atoms with Gasteiger partial charge in [-0.2, -0.15) is 0 Å². The van der Waals surface area contributed by atoms with Crippen molar-refractivity contribution in [2.45, 2.75) is 13.0 Å². The van der Waals surface area contributed by atoms with Crippen LogP contribution in [0.2, 0.25) is 0 Å². The summed E-state index contributed by atoms with van der Waals surface area (Å²) in [5.41, 5.74) is 2.41. The van der Waals surface area contributed by atoms with E-state index in [2.05, 4.69) is 47.5 Å².